The van der Waals surface area contributed by atoms with Crippen molar-refractivity contribution >= 4 is 5.69 Å². The van der Waals surface area contributed by atoms with Crippen LogP contribution in [0.3, 0.4) is 0 Å². The standard InChI is InChI=1S/C17H20FNO2/c1-4-21-17-9-13(6-8-16(17)20-3)11-19-14-7-5-12(2)15(18)10-14/h5-10,19H,4,11H2,1-3H3. The van der Waals surface area contributed by atoms with Crippen LogP contribution in [-0.4, -0.2) is 13.7 Å². The second-order valence-corrected chi connectivity index (χ2v) is 4.74. The van der Waals surface area contributed by atoms with Gasteiger partial charge in [0.15, 0.2) is 11.5 Å². The Bertz CT molecular complexity index is 614. The second kappa shape index (κ2) is 6.97. The van der Waals surface area contributed by atoms with Crippen LogP contribution in [0.15, 0.2) is 36.4 Å². The maximum Gasteiger partial charge on any atom is 0.161 e. The predicted molar refractivity (Wildman–Crippen MR) is 82.6 cm³/mol. The summed E-state index contributed by atoms with van der Waals surface area (Å²) in [7, 11) is 1.62. The van der Waals surface area contributed by atoms with Gasteiger partial charge in [0.25, 0.3) is 0 Å². The van der Waals surface area contributed by atoms with Gasteiger partial charge in [0.05, 0.1) is 13.7 Å². The van der Waals surface area contributed by atoms with Gasteiger partial charge < -0.3 is 14.8 Å². The van der Waals surface area contributed by atoms with E-state index in [4.69, 9.17) is 9.47 Å². The molecule has 0 amide bonds. The zero-order chi connectivity index (χ0) is 15.2. The van der Waals surface area contributed by atoms with Crippen molar-refractivity contribution in [2.45, 2.75) is 20.4 Å². The van der Waals surface area contributed by atoms with Crippen LogP contribution >= 0.6 is 0 Å². The second-order valence-electron chi connectivity index (χ2n) is 4.74. The number of hydrogen-bond donors (Lipinski definition) is 1. The highest BCUT2D eigenvalue weighted by Crippen LogP contribution is 2.28. The lowest BCUT2D eigenvalue weighted by Crippen LogP contribution is -2.02. The average molecular weight is 289 g/mol. The van der Waals surface area contributed by atoms with Crippen molar-refractivity contribution in [3.8, 4) is 11.5 Å². The smallest absolute Gasteiger partial charge is 0.161 e. The monoisotopic (exact) mass is 289 g/mol. The Labute approximate surface area is 124 Å². The average Bonchev–Trinajstić information content (AvgIpc) is 2.49. The van der Waals surface area contributed by atoms with E-state index in [1.807, 2.05) is 31.2 Å². The first-order valence-electron chi connectivity index (χ1n) is 6.93. The normalized spacial score (nSPS) is 10.3. The maximum absolute atomic E-state index is 13.5. The molecule has 112 valence electrons. The van der Waals surface area contributed by atoms with Crippen LogP contribution in [0.4, 0.5) is 10.1 Å². The number of halogens is 1. The largest absolute Gasteiger partial charge is 0.493 e. The third-order valence-corrected chi connectivity index (χ3v) is 3.20. The number of aryl methyl sites for hydroxylation is 1. The highest BCUT2D eigenvalue weighted by atomic mass is 19.1. The van der Waals surface area contributed by atoms with E-state index in [9.17, 15) is 4.39 Å². The van der Waals surface area contributed by atoms with Crippen LogP contribution in [0.2, 0.25) is 0 Å². The highest BCUT2D eigenvalue weighted by molar-refractivity contribution is 5.47. The molecule has 0 aliphatic heterocycles. The molecule has 0 unspecified atom stereocenters. The van der Waals surface area contributed by atoms with E-state index in [1.165, 1.54) is 6.07 Å². The van der Waals surface area contributed by atoms with Crippen molar-refractivity contribution in [1.29, 1.82) is 0 Å². The van der Waals surface area contributed by atoms with Crippen molar-refractivity contribution in [2.24, 2.45) is 0 Å². The Morgan fingerprint density at radius 3 is 2.57 bits per heavy atom. The van der Waals surface area contributed by atoms with Crippen molar-refractivity contribution in [2.75, 3.05) is 19.0 Å². The zero-order valence-corrected chi connectivity index (χ0v) is 12.6. The minimum absolute atomic E-state index is 0.204. The Morgan fingerprint density at radius 1 is 1.10 bits per heavy atom. The Kier molecular flexibility index (Phi) is 5.04. The van der Waals surface area contributed by atoms with Gasteiger partial charge in [0.1, 0.15) is 5.82 Å². The fraction of sp³-hybridized carbons (Fsp3) is 0.294. The van der Waals surface area contributed by atoms with Crippen LogP contribution in [0, 0.1) is 12.7 Å². The molecular formula is C17H20FNO2. The van der Waals surface area contributed by atoms with E-state index in [2.05, 4.69) is 5.32 Å². The molecule has 2 rings (SSSR count). The number of anilines is 1. The molecule has 21 heavy (non-hydrogen) atoms. The van der Waals surface area contributed by atoms with Crippen LogP contribution in [0.5, 0.6) is 11.5 Å². The van der Waals surface area contributed by atoms with Gasteiger partial charge in [-0.05, 0) is 49.2 Å². The summed E-state index contributed by atoms with van der Waals surface area (Å²) < 4.78 is 24.3. The number of nitrogens with one attached hydrogen (secondary N) is 1. The summed E-state index contributed by atoms with van der Waals surface area (Å²) in [6.07, 6.45) is 0. The predicted octanol–water partition coefficient (Wildman–Crippen LogP) is 4.15. The summed E-state index contributed by atoms with van der Waals surface area (Å²) in [4.78, 5) is 0. The van der Waals surface area contributed by atoms with E-state index in [0.717, 1.165) is 17.0 Å². The van der Waals surface area contributed by atoms with E-state index in [0.29, 0.717) is 24.5 Å². The van der Waals surface area contributed by atoms with E-state index in [1.54, 1.807) is 20.1 Å². The van der Waals surface area contributed by atoms with Gasteiger partial charge in [-0.2, -0.15) is 0 Å². The van der Waals surface area contributed by atoms with Crippen molar-refractivity contribution in [1.82, 2.24) is 0 Å². The molecule has 0 heterocycles. The lowest BCUT2D eigenvalue weighted by atomic mass is 10.1. The van der Waals surface area contributed by atoms with Gasteiger partial charge >= 0.3 is 0 Å². The molecule has 0 aliphatic rings. The molecule has 3 nitrogen and oxygen atoms in total. The van der Waals surface area contributed by atoms with Crippen LogP contribution < -0.4 is 14.8 Å². The number of rotatable bonds is 6. The van der Waals surface area contributed by atoms with Crippen LogP contribution in [0.1, 0.15) is 18.1 Å². The molecule has 0 saturated heterocycles. The molecule has 1 N–H and O–H groups in total. The van der Waals surface area contributed by atoms with E-state index in [-0.39, 0.29) is 5.82 Å². The summed E-state index contributed by atoms with van der Waals surface area (Å²) >= 11 is 0. The molecule has 0 bridgehead atoms. The lowest BCUT2D eigenvalue weighted by molar-refractivity contribution is 0.310. The van der Waals surface area contributed by atoms with Crippen molar-refractivity contribution in [3.05, 3.63) is 53.3 Å². The van der Waals surface area contributed by atoms with Crippen molar-refractivity contribution < 1.29 is 13.9 Å². The number of methoxy groups -OCH3 is 1. The molecule has 2 aromatic carbocycles. The van der Waals surface area contributed by atoms with Gasteiger partial charge in [0.2, 0.25) is 0 Å². The third-order valence-electron chi connectivity index (χ3n) is 3.20. The quantitative estimate of drug-likeness (QED) is 0.866. The zero-order valence-electron chi connectivity index (χ0n) is 12.6. The lowest BCUT2D eigenvalue weighted by Gasteiger charge is -2.12. The number of ether oxygens (including phenoxy) is 2. The summed E-state index contributed by atoms with van der Waals surface area (Å²) in [6.45, 7) is 4.85. The first-order chi connectivity index (χ1) is 10.1. The molecular weight excluding hydrogens is 269 g/mol. The number of benzene rings is 2. The summed E-state index contributed by atoms with van der Waals surface area (Å²) in [5.74, 6) is 1.22. The highest BCUT2D eigenvalue weighted by Gasteiger charge is 2.05. The molecule has 0 aromatic heterocycles. The van der Waals surface area contributed by atoms with Gasteiger partial charge in [-0.25, -0.2) is 4.39 Å². The van der Waals surface area contributed by atoms with Gasteiger partial charge in [0, 0.05) is 12.2 Å². The molecule has 2 aromatic rings. The molecule has 0 radical (unpaired) electrons. The maximum atomic E-state index is 13.5. The fourth-order valence-corrected chi connectivity index (χ4v) is 2.01. The van der Waals surface area contributed by atoms with E-state index < -0.39 is 0 Å². The fourth-order valence-electron chi connectivity index (χ4n) is 2.01. The molecule has 0 atom stereocenters. The van der Waals surface area contributed by atoms with Gasteiger partial charge in [-0.15, -0.1) is 0 Å². The molecule has 0 saturated carbocycles. The Morgan fingerprint density at radius 2 is 1.90 bits per heavy atom. The van der Waals surface area contributed by atoms with Crippen molar-refractivity contribution in [3.63, 3.8) is 0 Å². The topological polar surface area (TPSA) is 30.5 Å². The van der Waals surface area contributed by atoms with Gasteiger partial charge in [-0.1, -0.05) is 12.1 Å². The minimum Gasteiger partial charge on any atom is -0.493 e. The molecule has 0 aliphatic carbocycles. The summed E-state index contributed by atoms with van der Waals surface area (Å²) in [6, 6.07) is 10.9. The Balaban J connectivity index is 2.08. The summed E-state index contributed by atoms with van der Waals surface area (Å²) in [5, 5.41) is 3.20. The van der Waals surface area contributed by atoms with Crippen LogP contribution in [-0.2, 0) is 6.54 Å². The van der Waals surface area contributed by atoms with Gasteiger partial charge in [-0.3, -0.25) is 0 Å². The Hall–Kier alpha value is -2.23. The number of hydrogen-bond acceptors (Lipinski definition) is 3. The first kappa shape index (κ1) is 15.2. The van der Waals surface area contributed by atoms with E-state index >= 15 is 0 Å². The third kappa shape index (κ3) is 3.88. The SMILES string of the molecule is CCOc1cc(CNc2ccc(C)c(F)c2)ccc1OC. The molecule has 4 heteroatoms. The molecule has 0 fully saturated rings. The first-order valence-corrected chi connectivity index (χ1v) is 6.93. The summed E-state index contributed by atoms with van der Waals surface area (Å²) in [5.41, 5.74) is 2.44. The van der Waals surface area contributed by atoms with Crippen LogP contribution in [0.25, 0.3) is 0 Å². The minimum atomic E-state index is -0.204. The molecule has 0 spiro atoms.